The topological polar surface area (TPSA) is 67.2 Å². The molecule has 30 heavy (non-hydrogen) atoms. The molecule has 4 rings (SSSR count). The summed E-state index contributed by atoms with van der Waals surface area (Å²) in [5.74, 6) is -0.910. The summed E-state index contributed by atoms with van der Waals surface area (Å²) in [5, 5.41) is 7.30. The van der Waals surface area contributed by atoms with Gasteiger partial charge in [0.05, 0.1) is 12.2 Å². The molecule has 0 bridgehead atoms. The van der Waals surface area contributed by atoms with Crippen LogP contribution in [0.4, 0.5) is 10.1 Å². The van der Waals surface area contributed by atoms with E-state index in [4.69, 9.17) is 0 Å². The average molecular weight is 406 g/mol. The van der Waals surface area contributed by atoms with Crippen molar-refractivity contribution in [3.63, 3.8) is 0 Å². The van der Waals surface area contributed by atoms with E-state index in [9.17, 15) is 14.0 Å². The summed E-state index contributed by atoms with van der Waals surface area (Å²) < 4.78 is 14.7. The Hall–Kier alpha value is -3.48. The van der Waals surface area contributed by atoms with Crippen LogP contribution in [0, 0.1) is 19.7 Å². The molecule has 2 heterocycles. The van der Waals surface area contributed by atoms with Crippen LogP contribution in [0.15, 0.2) is 54.6 Å². The van der Waals surface area contributed by atoms with Gasteiger partial charge in [-0.15, -0.1) is 0 Å². The highest BCUT2D eigenvalue weighted by molar-refractivity contribution is 6.11. The largest absolute Gasteiger partial charge is 0.350 e. The van der Waals surface area contributed by atoms with Gasteiger partial charge in [0, 0.05) is 12.2 Å². The second-order valence-electron chi connectivity index (χ2n) is 7.89. The molecule has 2 aromatic carbocycles. The molecule has 2 amide bonds. The molecule has 3 aromatic rings. The molecule has 1 N–H and O–H groups in total. The summed E-state index contributed by atoms with van der Waals surface area (Å²) >= 11 is 0. The second-order valence-corrected chi connectivity index (χ2v) is 7.89. The zero-order valence-electron chi connectivity index (χ0n) is 17.1. The summed E-state index contributed by atoms with van der Waals surface area (Å²) in [6, 6.07) is 15.2. The lowest BCUT2D eigenvalue weighted by Gasteiger charge is -2.43. The Kier molecular flexibility index (Phi) is 4.89. The third kappa shape index (κ3) is 3.47. The molecule has 1 aromatic heterocycles. The van der Waals surface area contributed by atoms with Crippen LogP contribution < -0.4 is 10.2 Å². The van der Waals surface area contributed by atoms with Gasteiger partial charge in [-0.2, -0.15) is 5.10 Å². The van der Waals surface area contributed by atoms with Crippen molar-refractivity contribution in [2.24, 2.45) is 0 Å². The van der Waals surface area contributed by atoms with Gasteiger partial charge in [0.2, 0.25) is 5.91 Å². The van der Waals surface area contributed by atoms with Crippen LogP contribution in [0.2, 0.25) is 0 Å². The summed E-state index contributed by atoms with van der Waals surface area (Å²) in [6.07, 6.45) is 0. The molecule has 0 radical (unpaired) electrons. The number of amides is 2. The number of hydrogen-bond acceptors (Lipinski definition) is 3. The number of fused-ring (bicyclic) bond motifs is 1. The van der Waals surface area contributed by atoms with E-state index in [0.717, 1.165) is 16.8 Å². The zero-order chi connectivity index (χ0) is 21.5. The number of carbonyl (C=O) groups excluding carboxylic acids is 2. The van der Waals surface area contributed by atoms with E-state index in [1.54, 1.807) is 34.7 Å². The second kappa shape index (κ2) is 7.40. The van der Waals surface area contributed by atoms with Crippen molar-refractivity contribution < 1.29 is 14.0 Å². The summed E-state index contributed by atoms with van der Waals surface area (Å²) in [5.41, 5.74) is 2.47. The summed E-state index contributed by atoms with van der Waals surface area (Å²) in [7, 11) is 0. The van der Waals surface area contributed by atoms with E-state index < -0.39 is 5.54 Å². The SMILES string of the molecule is Cc1ccc(N2C(=O)c3cc(C)nn3C[C@]2(C)C(=O)NCc2ccc(F)cc2)cc1. The van der Waals surface area contributed by atoms with Gasteiger partial charge < -0.3 is 5.32 Å². The van der Waals surface area contributed by atoms with Crippen molar-refractivity contribution in [1.29, 1.82) is 0 Å². The van der Waals surface area contributed by atoms with Gasteiger partial charge in [0.25, 0.3) is 5.91 Å². The number of benzene rings is 2. The van der Waals surface area contributed by atoms with Crippen LogP contribution in [0.25, 0.3) is 0 Å². The van der Waals surface area contributed by atoms with E-state index >= 15 is 0 Å². The Morgan fingerprint density at radius 1 is 1.13 bits per heavy atom. The Bertz CT molecular complexity index is 1110. The van der Waals surface area contributed by atoms with Gasteiger partial charge >= 0.3 is 0 Å². The van der Waals surface area contributed by atoms with Crippen LogP contribution >= 0.6 is 0 Å². The number of nitrogens with zero attached hydrogens (tertiary/aromatic N) is 3. The van der Waals surface area contributed by atoms with Crippen molar-refractivity contribution in [1.82, 2.24) is 15.1 Å². The molecule has 154 valence electrons. The molecule has 0 unspecified atom stereocenters. The number of aromatic nitrogens is 2. The molecule has 0 saturated carbocycles. The lowest BCUT2D eigenvalue weighted by molar-refractivity contribution is -0.126. The van der Waals surface area contributed by atoms with E-state index in [2.05, 4.69) is 10.4 Å². The highest BCUT2D eigenvalue weighted by atomic mass is 19.1. The van der Waals surface area contributed by atoms with Gasteiger partial charge in [-0.3, -0.25) is 19.2 Å². The molecule has 0 saturated heterocycles. The van der Waals surface area contributed by atoms with Gasteiger partial charge in [0.1, 0.15) is 17.1 Å². The minimum atomic E-state index is -1.18. The molecular formula is C23H23FN4O2. The van der Waals surface area contributed by atoms with Gasteiger partial charge in [-0.25, -0.2) is 4.39 Å². The first-order chi connectivity index (χ1) is 14.3. The van der Waals surface area contributed by atoms with Crippen molar-refractivity contribution >= 4 is 17.5 Å². The van der Waals surface area contributed by atoms with Crippen molar-refractivity contribution in [3.05, 3.63) is 82.9 Å². The number of nitrogens with one attached hydrogen (secondary N) is 1. The summed E-state index contributed by atoms with van der Waals surface area (Å²) in [4.78, 5) is 28.3. The van der Waals surface area contributed by atoms with E-state index in [0.29, 0.717) is 11.4 Å². The number of anilines is 1. The maximum Gasteiger partial charge on any atom is 0.277 e. The number of carbonyl (C=O) groups is 2. The lowest BCUT2D eigenvalue weighted by atomic mass is 9.93. The zero-order valence-corrected chi connectivity index (χ0v) is 17.1. The van der Waals surface area contributed by atoms with Crippen molar-refractivity contribution in [2.75, 3.05) is 4.90 Å². The molecule has 6 nitrogen and oxygen atoms in total. The number of rotatable bonds is 4. The van der Waals surface area contributed by atoms with Crippen LogP contribution in [0.3, 0.4) is 0 Å². The summed E-state index contributed by atoms with van der Waals surface area (Å²) in [6.45, 7) is 5.99. The Morgan fingerprint density at radius 2 is 1.80 bits per heavy atom. The minimum absolute atomic E-state index is 0.227. The third-order valence-electron chi connectivity index (χ3n) is 5.42. The van der Waals surface area contributed by atoms with E-state index in [1.165, 1.54) is 12.1 Å². The maximum atomic E-state index is 13.4. The standard InChI is InChI=1S/C23H23FN4O2/c1-15-4-10-19(11-5-15)28-21(29)20-12-16(2)26-27(20)14-23(28,3)22(30)25-13-17-6-8-18(24)9-7-17/h4-12H,13-14H2,1-3H3,(H,25,30)/t23-/m1/s1. The van der Waals surface area contributed by atoms with Crippen LogP contribution in [-0.2, 0) is 17.9 Å². The fourth-order valence-electron chi connectivity index (χ4n) is 3.78. The smallest absolute Gasteiger partial charge is 0.277 e. The van der Waals surface area contributed by atoms with Gasteiger partial charge in [-0.05, 0) is 56.7 Å². The molecule has 1 aliphatic heterocycles. The van der Waals surface area contributed by atoms with Crippen molar-refractivity contribution in [2.45, 2.75) is 39.4 Å². The van der Waals surface area contributed by atoms with Crippen LogP contribution in [0.5, 0.6) is 0 Å². The lowest BCUT2D eigenvalue weighted by Crippen LogP contribution is -2.64. The first-order valence-electron chi connectivity index (χ1n) is 9.76. The molecule has 7 heteroatoms. The fourth-order valence-corrected chi connectivity index (χ4v) is 3.78. The average Bonchev–Trinajstić information content (AvgIpc) is 3.09. The van der Waals surface area contributed by atoms with E-state index in [-0.39, 0.29) is 30.7 Å². The normalized spacial score (nSPS) is 18.3. The fraction of sp³-hybridized carbons (Fsp3) is 0.261. The third-order valence-corrected chi connectivity index (χ3v) is 5.42. The maximum absolute atomic E-state index is 13.4. The molecule has 0 fully saturated rings. The Labute approximate surface area is 174 Å². The number of halogens is 1. The molecule has 1 aliphatic rings. The highest BCUT2D eigenvalue weighted by Gasteiger charge is 2.48. The van der Waals surface area contributed by atoms with Crippen molar-refractivity contribution in [3.8, 4) is 0 Å². The molecule has 0 aliphatic carbocycles. The molecule has 1 atom stereocenters. The first-order valence-corrected chi connectivity index (χ1v) is 9.76. The Morgan fingerprint density at radius 3 is 2.47 bits per heavy atom. The van der Waals surface area contributed by atoms with Crippen LogP contribution in [0.1, 0.15) is 34.2 Å². The number of aryl methyl sites for hydroxylation is 2. The monoisotopic (exact) mass is 406 g/mol. The van der Waals surface area contributed by atoms with Gasteiger partial charge in [0.15, 0.2) is 0 Å². The first kappa shape index (κ1) is 19.8. The molecular weight excluding hydrogens is 383 g/mol. The molecule has 0 spiro atoms. The highest BCUT2D eigenvalue weighted by Crippen LogP contribution is 2.33. The predicted octanol–water partition coefficient (Wildman–Crippen LogP) is 3.37. The number of hydrogen-bond donors (Lipinski definition) is 1. The Balaban J connectivity index is 1.69. The minimum Gasteiger partial charge on any atom is -0.350 e. The van der Waals surface area contributed by atoms with Gasteiger partial charge in [-0.1, -0.05) is 29.8 Å². The van der Waals surface area contributed by atoms with Crippen LogP contribution in [-0.4, -0.2) is 27.1 Å². The predicted molar refractivity (Wildman–Crippen MR) is 112 cm³/mol. The quantitative estimate of drug-likeness (QED) is 0.722. The van der Waals surface area contributed by atoms with E-state index in [1.807, 2.05) is 38.1 Å².